The third-order valence-electron chi connectivity index (χ3n) is 5.47. The van der Waals surface area contributed by atoms with Crippen LogP contribution in [0.3, 0.4) is 0 Å². The van der Waals surface area contributed by atoms with Crippen LogP contribution in [0.15, 0.2) is 0 Å². The van der Waals surface area contributed by atoms with Crippen LogP contribution in [-0.4, -0.2) is 44.7 Å². The number of piperidine rings is 1. The summed E-state index contributed by atoms with van der Waals surface area (Å²) < 4.78 is 26.6. The van der Waals surface area contributed by atoms with Crippen molar-refractivity contribution in [1.29, 1.82) is 0 Å². The first-order valence-corrected chi connectivity index (χ1v) is 9.39. The normalized spacial score (nSPS) is 28.6. The number of sulfonamides is 1. The van der Waals surface area contributed by atoms with Gasteiger partial charge in [-0.05, 0) is 50.1 Å². The van der Waals surface area contributed by atoms with Crippen LogP contribution >= 0.6 is 0 Å². The van der Waals surface area contributed by atoms with Gasteiger partial charge in [0, 0.05) is 13.1 Å². The van der Waals surface area contributed by atoms with Crippen LogP contribution in [0.25, 0.3) is 0 Å². The third-order valence-corrected chi connectivity index (χ3v) is 7.32. The van der Waals surface area contributed by atoms with Crippen LogP contribution in [0.4, 0.5) is 0 Å². The predicted octanol–water partition coefficient (Wildman–Crippen LogP) is 1.58. The maximum Gasteiger partial charge on any atom is 0.214 e. The lowest BCUT2D eigenvalue weighted by Crippen LogP contribution is -2.40. The van der Waals surface area contributed by atoms with Crippen LogP contribution in [0, 0.1) is 11.3 Å². The molecule has 0 radical (unpaired) electrons. The lowest BCUT2D eigenvalue weighted by atomic mass is 9.78. The van der Waals surface area contributed by atoms with Gasteiger partial charge in [0.05, 0.1) is 5.75 Å². The molecule has 1 spiro atoms. The zero-order chi connectivity index (χ0) is 13.3. The summed E-state index contributed by atoms with van der Waals surface area (Å²) in [6.45, 7) is 3.64. The molecular weight excluding hydrogens is 260 g/mol. The monoisotopic (exact) mass is 286 g/mol. The van der Waals surface area contributed by atoms with E-state index in [4.69, 9.17) is 0 Å². The average Bonchev–Trinajstić information content (AvgIpc) is 2.73. The summed E-state index contributed by atoms with van der Waals surface area (Å²) in [5, 5.41) is 3.38. The minimum atomic E-state index is -2.99. The molecule has 3 fully saturated rings. The van der Waals surface area contributed by atoms with E-state index in [-0.39, 0.29) is 5.41 Å². The van der Waals surface area contributed by atoms with E-state index < -0.39 is 10.0 Å². The Bertz CT molecular complexity index is 411. The smallest absolute Gasteiger partial charge is 0.214 e. The van der Waals surface area contributed by atoms with Crippen LogP contribution < -0.4 is 5.32 Å². The van der Waals surface area contributed by atoms with Crippen LogP contribution in [0.1, 0.15) is 44.9 Å². The van der Waals surface area contributed by atoms with Gasteiger partial charge in [-0.25, -0.2) is 12.7 Å². The van der Waals surface area contributed by atoms with Gasteiger partial charge in [0.15, 0.2) is 0 Å². The second kappa shape index (κ2) is 5.34. The number of hydrogen-bond donors (Lipinski definition) is 1. The Kier molecular flexibility index (Phi) is 3.89. The van der Waals surface area contributed by atoms with Gasteiger partial charge in [0.1, 0.15) is 0 Å². The molecule has 0 aromatic rings. The summed E-state index contributed by atoms with van der Waals surface area (Å²) >= 11 is 0. The van der Waals surface area contributed by atoms with E-state index in [9.17, 15) is 8.42 Å². The largest absolute Gasteiger partial charge is 0.317 e. The van der Waals surface area contributed by atoms with Crippen molar-refractivity contribution in [3.05, 3.63) is 0 Å². The first-order valence-electron chi connectivity index (χ1n) is 7.78. The minimum Gasteiger partial charge on any atom is -0.317 e. The van der Waals surface area contributed by atoms with Gasteiger partial charge in [-0.1, -0.05) is 19.3 Å². The first kappa shape index (κ1) is 13.8. The number of nitrogens with one attached hydrogen (secondary N) is 1. The van der Waals surface area contributed by atoms with E-state index in [1.54, 1.807) is 4.31 Å². The molecular formula is C14H26N2O2S. The molecule has 0 aromatic heterocycles. The van der Waals surface area contributed by atoms with Crippen molar-refractivity contribution >= 4 is 10.0 Å². The average molecular weight is 286 g/mol. The molecule has 19 heavy (non-hydrogen) atoms. The molecule has 3 rings (SSSR count). The van der Waals surface area contributed by atoms with Crippen molar-refractivity contribution in [2.75, 3.05) is 31.9 Å². The second-order valence-electron chi connectivity index (χ2n) is 6.74. The minimum absolute atomic E-state index is 0.286. The summed E-state index contributed by atoms with van der Waals surface area (Å²) in [7, 11) is -2.99. The molecule has 2 saturated heterocycles. The van der Waals surface area contributed by atoms with E-state index in [1.807, 2.05) is 0 Å². The SMILES string of the molecule is O=S(=O)(CCC1CCC1)N1CCC2(CCNCC2)C1. The standard InChI is InChI=1S/C14H26N2O2S/c17-19(18,11-4-13-2-1-3-13)16-10-7-14(12-16)5-8-15-9-6-14/h13,15H,1-12H2. The second-order valence-corrected chi connectivity index (χ2v) is 8.82. The van der Waals surface area contributed by atoms with Crippen molar-refractivity contribution in [2.24, 2.45) is 11.3 Å². The quantitative estimate of drug-likeness (QED) is 0.853. The molecule has 1 N–H and O–H groups in total. The first-order chi connectivity index (χ1) is 9.10. The molecule has 0 atom stereocenters. The molecule has 0 unspecified atom stereocenters. The highest BCUT2D eigenvalue weighted by Crippen LogP contribution is 2.40. The lowest BCUT2D eigenvalue weighted by Gasteiger charge is -2.33. The van der Waals surface area contributed by atoms with Crippen molar-refractivity contribution in [2.45, 2.75) is 44.9 Å². The number of rotatable bonds is 4. The van der Waals surface area contributed by atoms with E-state index in [0.717, 1.165) is 51.9 Å². The summed E-state index contributed by atoms with van der Waals surface area (Å²) in [6.07, 6.45) is 8.01. The maximum absolute atomic E-state index is 12.4. The molecule has 4 nitrogen and oxygen atoms in total. The highest BCUT2D eigenvalue weighted by molar-refractivity contribution is 7.89. The van der Waals surface area contributed by atoms with Crippen LogP contribution in [0.2, 0.25) is 0 Å². The van der Waals surface area contributed by atoms with E-state index in [2.05, 4.69) is 5.32 Å². The number of hydrogen-bond acceptors (Lipinski definition) is 3. The third kappa shape index (κ3) is 2.98. The lowest BCUT2D eigenvalue weighted by molar-refractivity contribution is 0.218. The Morgan fingerprint density at radius 3 is 2.53 bits per heavy atom. The van der Waals surface area contributed by atoms with Crippen LogP contribution in [0.5, 0.6) is 0 Å². The van der Waals surface area contributed by atoms with Crippen molar-refractivity contribution < 1.29 is 8.42 Å². The van der Waals surface area contributed by atoms with Gasteiger partial charge in [-0.3, -0.25) is 0 Å². The molecule has 1 aliphatic carbocycles. The van der Waals surface area contributed by atoms with Gasteiger partial charge < -0.3 is 5.32 Å². The Morgan fingerprint density at radius 2 is 1.89 bits per heavy atom. The van der Waals surface area contributed by atoms with Crippen molar-refractivity contribution in [1.82, 2.24) is 9.62 Å². The highest BCUT2D eigenvalue weighted by atomic mass is 32.2. The molecule has 2 aliphatic heterocycles. The molecule has 0 amide bonds. The molecule has 1 saturated carbocycles. The summed E-state index contributed by atoms with van der Waals surface area (Å²) in [4.78, 5) is 0. The fraction of sp³-hybridized carbons (Fsp3) is 1.00. The van der Waals surface area contributed by atoms with Gasteiger partial charge in [-0.2, -0.15) is 0 Å². The van der Waals surface area contributed by atoms with Gasteiger partial charge in [0.25, 0.3) is 0 Å². The Hall–Kier alpha value is -0.130. The summed E-state index contributed by atoms with van der Waals surface area (Å²) in [5.41, 5.74) is 0.286. The molecule has 0 bridgehead atoms. The Balaban J connectivity index is 1.56. The molecule has 0 aromatic carbocycles. The molecule has 3 aliphatic rings. The zero-order valence-electron chi connectivity index (χ0n) is 11.7. The Morgan fingerprint density at radius 1 is 1.16 bits per heavy atom. The maximum atomic E-state index is 12.4. The van der Waals surface area contributed by atoms with Crippen LogP contribution in [-0.2, 0) is 10.0 Å². The molecule has 110 valence electrons. The Labute approximate surface area is 117 Å². The van der Waals surface area contributed by atoms with E-state index in [1.165, 1.54) is 19.3 Å². The predicted molar refractivity (Wildman–Crippen MR) is 76.5 cm³/mol. The van der Waals surface area contributed by atoms with Gasteiger partial charge >= 0.3 is 0 Å². The van der Waals surface area contributed by atoms with E-state index >= 15 is 0 Å². The number of nitrogens with zero attached hydrogens (tertiary/aromatic N) is 1. The molecule has 5 heteroatoms. The topological polar surface area (TPSA) is 49.4 Å². The van der Waals surface area contributed by atoms with Crippen molar-refractivity contribution in [3.8, 4) is 0 Å². The van der Waals surface area contributed by atoms with Gasteiger partial charge in [0.2, 0.25) is 10.0 Å². The summed E-state index contributed by atoms with van der Waals surface area (Å²) in [5.74, 6) is 1.07. The zero-order valence-corrected chi connectivity index (χ0v) is 12.6. The fourth-order valence-corrected chi connectivity index (χ4v) is 5.45. The van der Waals surface area contributed by atoms with E-state index in [0.29, 0.717) is 11.7 Å². The fourth-order valence-electron chi connectivity index (χ4n) is 3.72. The summed E-state index contributed by atoms with van der Waals surface area (Å²) in [6, 6.07) is 0. The van der Waals surface area contributed by atoms with Crippen molar-refractivity contribution in [3.63, 3.8) is 0 Å². The molecule has 2 heterocycles. The highest BCUT2D eigenvalue weighted by Gasteiger charge is 2.42. The van der Waals surface area contributed by atoms with Gasteiger partial charge in [-0.15, -0.1) is 0 Å².